The summed E-state index contributed by atoms with van der Waals surface area (Å²) in [4.78, 5) is 51.5. The number of likely N-dealkylation sites (tertiary alicyclic amines) is 2. The second-order valence-corrected chi connectivity index (χ2v) is 11.0. The highest BCUT2D eigenvalue weighted by Crippen LogP contribution is 2.62. The number of benzene rings is 1. The van der Waals surface area contributed by atoms with Crippen molar-refractivity contribution in [3.8, 4) is 11.5 Å². The van der Waals surface area contributed by atoms with Crippen LogP contribution >= 0.6 is 23.2 Å². The summed E-state index contributed by atoms with van der Waals surface area (Å²) >= 11 is 14.1. The standard InChI is InChI=1S/C26H26Cl2N2O6/c1-4-30-21(32)15-8-7-14-16(20(15)22(30)33)12-25(27)23(34)29(2)24(35)26(25,28)17(14)9-5-13-6-10-18(31)19(11-13)36-3/h5-7,9-11,15-17,20,31H,4,8,12H2,1-3H3. The Labute approximate surface area is 218 Å². The molecule has 0 bridgehead atoms. The van der Waals surface area contributed by atoms with Crippen molar-refractivity contribution in [3.05, 3.63) is 41.5 Å². The minimum Gasteiger partial charge on any atom is -0.504 e. The van der Waals surface area contributed by atoms with Gasteiger partial charge in [-0.3, -0.25) is 29.0 Å². The van der Waals surface area contributed by atoms with Gasteiger partial charge in [-0.1, -0.05) is 29.9 Å². The van der Waals surface area contributed by atoms with Gasteiger partial charge in [0.15, 0.2) is 21.2 Å². The van der Waals surface area contributed by atoms with E-state index >= 15 is 0 Å². The molecule has 2 aliphatic heterocycles. The number of phenolic OH excluding ortho intramolecular Hbond substituents is 1. The number of allylic oxidation sites excluding steroid dienone is 3. The summed E-state index contributed by atoms with van der Waals surface area (Å²) in [5.74, 6) is -3.98. The van der Waals surface area contributed by atoms with Crippen LogP contribution in [0.2, 0.25) is 0 Å². The Morgan fingerprint density at radius 3 is 2.53 bits per heavy atom. The van der Waals surface area contributed by atoms with Gasteiger partial charge in [0.2, 0.25) is 11.8 Å². The first kappa shape index (κ1) is 24.8. The number of carbonyl (C=O) groups is 4. The first-order valence-electron chi connectivity index (χ1n) is 11.8. The number of carbonyl (C=O) groups excluding carboxylic acids is 4. The van der Waals surface area contributed by atoms with Gasteiger partial charge in [-0.05, 0) is 43.4 Å². The predicted octanol–water partition coefficient (Wildman–Crippen LogP) is 2.96. The number of hydrogen-bond acceptors (Lipinski definition) is 6. The zero-order valence-electron chi connectivity index (χ0n) is 20.0. The molecule has 8 nitrogen and oxygen atoms in total. The van der Waals surface area contributed by atoms with Crippen LogP contribution in [0.25, 0.3) is 6.08 Å². The van der Waals surface area contributed by atoms with Gasteiger partial charge in [0.1, 0.15) is 0 Å². The quantitative estimate of drug-likeness (QED) is 0.363. The lowest BCUT2D eigenvalue weighted by molar-refractivity contribution is -0.141. The zero-order valence-corrected chi connectivity index (χ0v) is 21.5. The maximum absolute atomic E-state index is 13.4. The van der Waals surface area contributed by atoms with Crippen LogP contribution in [0, 0.1) is 23.7 Å². The van der Waals surface area contributed by atoms with Gasteiger partial charge in [0.25, 0.3) is 11.8 Å². The molecule has 2 saturated heterocycles. The Hall–Kier alpha value is -2.84. The van der Waals surface area contributed by atoms with Gasteiger partial charge in [-0.2, -0.15) is 0 Å². The number of alkyl halides is 2. The SMILES string of the molecule is CCN1C(=O)C2CC=C3C(CC4(Cl)C(=O)N(C)C(=O)C4(Cl)C3C=Cc3ccc(O)c(OC)c3)C2C1=O. The number of amides is 4. The lowest BCUT2D eigenvalue weighted by atomic mass is 9.57. The van der Waals surface area contributed by atoms with Crippen LogP contribution in [0.5, 0.6) is 11.5 Å². The average molecular weight is 533 g/mol. The molecule has 3 fully saturated rings. The molecule has 4 amide bonds. The molecule has 0 spiro atoms. The molecule has 1 aromatic rings. The highest BCUT2D eigenvalue weighted by atomic mass is 35.5. The molecule has 36 heavy (non-hydrogen) atoms. The number of phenols is 1. The van der Waals surface area contributed by atoms with Gasteiger partial charge in [0, 0.05) is 19.5 Å². The Morgan fingerprint density at radius 2 is 1.86 bits per heavy atom. The van der Waals surface area contributed by atoms with E-state index in [1.165, 1.54) is 25.1 Å². The highest BCUT2D eigenvalue weighted by molar-refractivity contribution is 6.53. The fourth-order valence-corrected chi connectivity index (χ4v) is 7.35. The molecular formula is C26H26Cl2N2O6. The van der Waals surface area contributed by atoms with Crippen LogP contribution in [0.15, 0.2) is 35.9 Å². The molecule has 1 N–H and O–H groups in total. The van der Waals surface area contributed by atoms with Crippen molar-refractivity contribution < 1.29 is 29.0 Å². The van der Waals surface area contributed by atoms with Gasteiger partial charge in [-0.15, -0.1) is 23.2 Å². The van der Waals surface area contributed by atoms with E-state index in [1.807, 2.05) is 6.08 Å². The smallest absolute Gasteiger partial charge is 0.253 e. The number of methoxy groups -OCH3 is 1. The van der Waals surface area contributed by atoms with E-state index in [0.29, 0.717) is 12.0 Å². The summed E-state index contributed by atoms with van der Waals surface area (Å²) in [5.41, 5.74) is 1.40. The number of imide groups is 2. The van der Waals surface area contributed by atoms with E-state index in [4.69, 9.17) is 27.9 Å². The van der Waals surface area contributed by atoms with E-state index in [2.05, 4.69) is 0 Å². The molecule has 1 aromatic carbocycles. The van der Waals surface area contributed by atoms with Crippen LogP contribution in [0.3, 0.4) is 0 Å². The molecule has 10 heteroatoms. The Kier molecular flexibility index (Phi) is 5.76. The van der Waals surface area contributed by atoms with Crippen molar-refractivity contribution in [2.45, 2.75) is 29.5 Å². The van der Waals surface area contributed by atoms with Gasteiger partial charge in [0.05, 0.1) is 18.9 Å². The Morgan fingerprint density at radius 1 is 1.14 bits per heavy atom. The second-order valence-electron chi connectivity index (χ2n) is 9.75. The van der Waals surface area contributed by atoms with Gasteiger partial charge >= 0.3 is 0 Å². The lowest BCUT2D eigenvalue weighted by Crippen LogP contribution is -2.60. The number of nitrogens with zero attached hydrogens (tertiary/aromatic N) is 2. The second kappa shape index (κ2) is 8.35. The average Bonchev–Trinajstić information content (AvgIpc) is 3.18. The Bertz CT molecular complexity index is 1260. The van der Waals surface area contributed by atoms with Crippen molar-refractivity contribution in [1.29, 1.82) is 0 Å². The third-order valence-corrected chi connectivity index (χ3v) is 9.59. The summed E-state index contributed by atoms with van der Waals surface area (Å²) in [6, 6.07) is 4.77. The van der Waals surface area contributed by atoms with E-state index in [1.54, 1.807) is 31.2 Å². The van der Waals surface area contributed by atoms with Gasteiger partial charge < -0.3 is 9.84 Å². The molecule has 4 aliphatic rings. The zero-order chi connectivity index (χ0) is 26.2. The first-order valence-corrected chi connectivity index (χ1v) is 12.6. The number of fused-ring (bicyclic) bond motifs is 4. The number of ether oxygens (including phenoxy) is 1. The van der Waals surface area contributed by atoms with Crippen molar-refractivity contribution in [1.82, 2.24) is 9.80 Å². The van der Waals surface area contributed by atoms with Gasteiger partial charge in [-0.25, -0.2) is 0 Å². The number of aromatic hydroxyl groups is 1. The van der Waals surface area contributed by atoms with Crippen LogP contribution in [-0.4, -0.2) is 69.0 Å². The van der Waals surface area contributed by atoms with Crippen LogP contribution in [0.4, 0.5) is 0 Å². The summed E-state index contributed by atoms with van der Waals surface area (Å²) in [5, 5.41) is 9.92. The molecule has 2 aliphatic carbocycles. The third kappa shape index (κ3) is 3.07. The molecule has 6 atom stereocenters. The van der Waals surface area contributed by atoms with E-state index in [-0.39, 0.29) is 36.3 Å². The first-order chi connectivity index (χ1) is 17.0. The van der Waals surface area contributed by atoms with Crippen molar-refractivity contribution in [3.63, 3.8) is 0 Å². The van der Waals surface area contributed by atoms with Crippen LogP contribution < -0.4 is 4.74 Å². The number of halogens is 2. The normalized spacial score (nSPS) is 35.8. The van der Waals surface area contributed by atoms with Crippen molar-refractivity contribution in [2.75, 3.05) is 20.7 Å². The number of rotatable bonds is 4. The molecule has 1 saturated carbocycles. The minimum absolute atomic E-state index is 0.0199. The summed E-state index contributed by atoms with van der Waals surface area (Å²) in [6.07, 6.45) is 5.65. The highest BCUT2D eigenvalue weighted by Gasteiger charge is 2.75. The van der Waals surface area contributed by atoms with Crippen molar-refractivity contribution >= 4 is 52.9 Å². The fraction of sp³-hybridized carbons (Fsp3) is 0.462. The molecule has 0 aromatic heterocycles. The third-order valence-electron chi connectivity index (χ3n) is 8.16. The maximum Gasteiger partial charge on any atom is 0.253 e. The molecule has 6 unspecified atom stereocenters. The topological polar surface area (TPSA) is 104 Å². The van der Waals surface area contributed by atoms with E-state index in [9.17, 15) is 24.3 Å². The largest absolute Gasteiger partial charge is 0.504 e. The number of hydrogen-bond donors (Lipinski definition) is 1. The molecule has 5 rings (SSSR count). The maximum atomic E-state index is 13.4. The molecule has 0 radical (unpaired) electrons. The predicted molar refractivity (Wildman–Crippen MR) is 132 cm³/mol. The van der Waals surface area contributed by atoms with Crippen LogP contribution in [0.1, 0.15) is 25.3 Å². The lowest BCUT2D eigenvalue weighted by Gasteiger charge is -2.49. The summed E-state index contributed by atoms with van der Waals surface area (Å²) in [7, 11) is 2.79. The monoisotopic (exact) mass is 532 g/mol. The van der Waals surface area contributed by atoms with E-state index in [0.717, 1.165) is 10.5 Å². The summed E-state index contributed by atoms with van der Waals surface area (Å²) < 4.78 is 5.18. The van der Waals surface area contributed by atoms with Crippen LogP contribution in [-0.2, 0) is 19.2 Å². The minimum atomic E-state index is -1.80. The molecule has 2 heterocycles. The van der Waals surface area contributed by atoms with E-state index < -0.39 is 45.2 Å². The summed E-state index contributed by atoms with van der Waals surface area (Å²) in [6.45, 7) is 2.02. The fourth-order valence-electron chi connectivity index (χ4n) is 6.37. The molecular weight excluding hydrogens is 507 g/mol. The Balaban J connectivity index is 1.64. The van der Waals surface area contributed by atoms with Crippen molar-refractivity contribution in [2.24, 2.45) is 23.7 Å². The molecule has 190 valence electrons.